The Balaban J connectivity index is 2.29. The molecule has 0 amide bonds. The molecule has 4 heteroatoms. The lowest BCUT2D eigenvalue weighted by atomic mass is 10.1. The van der Waals surface area contributed by atoms with E-state index in [2.05, 4.69) is 37.5 Å². The number of aryl methyl sites for hydroxylation is 2. The van der Waals surface area contributed by atoms with Crippen LogP contribution in [0.25, 0.3) is 0 Å². The van der Waals surface area contributed by atoms with Crippen LogP contribution in [0.3, 0.4) is 0 Å². The lowest BCUT2D eigenvalue weighted by molar-refractivity contribution is 0.0991. The Morgan fingerprint density at radius 1 is 1.29 bits per heavy atom. The lowest BCUT2D eigenvalue weighted by Gasteiger charge is -2.18. The van der Waals surface area contributed by atoms with E-state index >= 15 is 0 Å². The van der Waals surface area contributed by atoms with E-state index in [0.29, 0.717) is 6.04 Å². The van der Waals surface area contributed by atoms with E-state index in [4.69, 9.17) is 11.6 Å². The maximum Gasteiger partial charge on any atom is 0.182 e. The minimum absolute atomic E-state index is 0.00943. The molecule has 0 bridgehead atoms. The molecule has 0 saturated carbocycles. The number of rotatable bonds is 5. The van der Waals surface area contributed by atoms with Crippen molar-refractivity contribution in [3.63, 3.8) is 0 Å². The third-order valence-corrected chi connectivity index (χ3v) is 5.07. The monoisotopic (exact) mass is 323 g/mol. The fraction of sp³-hybridized carbons (Fsp3) is 0.471. The molecule has 114 valence electrons. The molecule has 0 aliphatic rings. The summed E-state index contributed by atoms with van der Waals surface area (Å²) in [6.07, 6.45) is 0.985. The highest BCUT2D eigenvalue weighted by atomic mass is 35.5. The van der Waals surface area contributed by atoms with Crippen LogP contribution >= 0.6 is 22.9 Å². The van der Waals surface area contributed by atoms with Gasteiger partial charge in [-0.3, -0.25) is 4.79 Å². The number of hydrogen-bond acceptors (Lipinski definition) is 2. The van der Waals surface area contributed by atoms with Crippen LogP contribution in [0.1, 0.15) is 51.4 Å². The van der Waals surface area contributed by atoms with E-state index in [1.54, 1.807) is 6.92 Å². The smallest absolute Gasteiger partial charge is 0.182 e. The number of hydrogen-bond donors (Lipinski definition) is 0. The summed E-state index contributed by atoms with van der Waals surface area (Å²) in [7, 11) is 0. The van der Waals surface area contributed by atoms with Gasteiger partial charge in [0.25, 0.3) is 0 Å². The Bertz CT molecular complexity index is 654. The Morgan fingerprint density at radius 3 is 2.48 bits per heavy atom. The van der Waals surface area contributed by atoms with Gasteiger partial charge in [0.05, 0.1) is 5.38 Å². The summed E-state index contributed by atoms with van der Waals surface area (Å²) in [5.41, 5.74) is 2.89. The molecule has 0 aliphatic heterocycles. The van der Waals surface area contributed by atoms with E-state index in [1.807, 2.05) is 24.3 Å². The second kappa shape index (κ2) is 6.37. The van der Waals surface area contributed by atoms with Gasteiger partial charge in [-0.1, -0.05) is 0 Å². The second-order valence-corrected chi connectivity index (χ2v) is 7.73. The molecular formula is C17H22ClNOS. The Hall–Kier alpha value is -1.06. The summed E-state index contributed by atoms with van der Waals surface area (Å²) in [5, 5.41) is -0.478. The largest absolute Gasteiger partial charge is 0.345 e. The molecule has 0 fully saturated rings. The predicted molar refractivity (Wildman–Crippen MR) is 91.0 cm³/mol. The van der Waals surface area contributed by atoms with Gasteiger partial charge < -0.3 is 4.57 Å². The lowest BCUT2D eigenvalue weighted by Crippen LogP contribution is -2.14. The van der Waals surface area contributed by atoms with Crippen LogP contribution in [-0.4, -0.2) is 15.7 Å². The summed E-state index contributed by atoms with van der Waals surface area (Å²) in [6.45, 7) is 10.1. The molecule has 2 aromatic rings. The van der Waals surface area contributed by atoms with E-state index in [-0.39, 0.29) is 5.78 Å². The molecule has 0 aromatic carbocycles. The summed E-state index contributed by atoms with van der Waals surface area (Å²) in [6, 6.07) is 6.64. The van der Waals surface area contributed by atoms with Crippen molar-refractivity contribution in [1.29, 1.82) is 0 Å². The van der Waals surface area contributed by atoms with Crippen LogP contribution in [0.2, 0.25) is 0 Å². The van der Waals surface area contributed by atoms with Gasteiger partial charge in [0.2, 0.25) is 0 Å². The molecule has 2 nitrogen and oxygen atoms in total. The number of carbonyl (C=O) groups is 1. The maximum absolute atomic E-state index is 12.2. The number of aromatic nitrogens is 1. The summed E-state index contributed by atoms with van der Waals surface area (Å²) >= 11 is 7.79. The van der Waals surface area contributed by atoms with Gasteiger partial charge >= 0.3 is 0 Å². The van der Waals surface area contributed by atoms with Gasteiger partial charge in [-0.2, -0.15) is 0 Å². The van der Waals surface area contributed by atoms with Crippen LogP contribution in [0.4, 0.5) is 0 Å². The average molecular weight is 324 g/mol. The number of carbonyl (C=O) groups excluding carboxylic acids is 1. The topological polar surface area (TPSA) is 22.0 Å². The van der Waals surface area contributed by atoms with Crippen LogP contribution in [-0.2, 0) is 6.42 Å². The van der Waals surface area contributed by atoms with Crippen LogP contribution in [0.5, 0.6) is 0 Å². The number of halogens is 1. The zero-order valence-corrected chi connectivity index (χ0v) is 14.8. The normalized spacial score (nSPS) is 14.2. The van der Waals surface area contributed by atoms with Gasteiger partial charge in [0.1, 0.15) is 0 Å². The fourth-order valence-corrected chi connectivity index (χ4v) is 4.02. The van der Waals surface area contributed by atoms with Crippen molar-refractivity contribution in [2.75, 3.05) is 0 Å². The van der Waals surface area contributed by atoms with Gasteiger partial charge in [-0.15, -0.1) is 22.9 Å². The second-order valence-electron chi connectivity index (χ2n) is 5.70. The maximum atomic E-state index is 12.2. The molecule has 0 spiro atoms. The average Bonchev–Trinajstić information content (AvgIpc) is 2.92. The van der Waals surface area contributed by atoms with Crippen molar-refractivity contribution in [3.8, 4) is 0 Å². The predicted octanol–water partition coefficient (Wildman–Crippen LogP) is 5.09. The van der Waals surface area contributed by atoms with Crippen molar-refractivity contribution in [2.45, 2.75) is 52.5 Å². The van der Waals surface area contributed by atoms with Crippen LogP contribution in [0.15, 0.2) is 18.2 Å². The molecule has 0 saturated heterocycles. The molecular weight excluding hydrogens is 302 g/mol. The Labute approximate surface area is 135 Å². The number of Topliss-reactive ketones (excluding diaryl/α,β-unsaturated/α-hetero) is 1. The zero-order chi connectivity index (χ0) is 15.7. The first-order chi connectivity index (χ1) is 9.81. The molecule has 0 radical (unpaired) electrons. The molecule has 2 heterocycles. The molecule has 2 rings (SSSR count). The molecule has 0 N–H and O–H groups in total. The van der Waals surface area contributed by atoms with Gasteiger partial charge in [0.15, 0.2) is 5.78 Å². The van der Waals surface area contributed by atoms with Crippen LogP contribution < -0.4 is 0 Å². The third kappa shape index (κ3) is 3.41. The number of nitrogens with zero attached hydrogens (tertiary/aromatic N) is 1. The number of ketones is 1. The SMILES string of the molecule is Cc1ccc(CC(C)n2c(C)cc(C(=O)C(C)Cl)c2C)s1. The van der Waals surface area contributed by atoms with E-state index in [9.17, 15) is 4.79 Å². The number of alkyl halides is 1. The van der Waals surface area contributed by atoms with E-state index in [1.165, 1.54) is 9.75 Å². The van der Waals surface area contributed by atoms with Gasteiger partial charge in [-0.05, 0) is 52.8 Å². The molecule has 2 aromatic heterocycles. The summed E-state index contributed by atoms with van der Waals surface area (Å²) in [4.78, 5) is 14.9. The van der Waals surface area contributed by atoms with Crippen molar-refractivity contribution >= 4 is 28.7 Å². The molecule has 2 unspecified atom stereocenters. The fourth-order valence-electron chi connectivity index (χ4n) is 2.90. The third-order valence-electron chi connectivity index (χ3n) is 3.84. The van der Waals surface area contributed by atoms with Crippen molar-refractivity contribution in [2.24, 2.45) is 0 Å². The molecule has 0 aliphatic carbocycles. The van der Waals surface area contributed by atoms with Gasteiger partial charge in [-0.25, -0.2) is 0 Å². The summed E-state index contributed by atoms with van der Waals surface area (Å²) < 4.78 is 2.25. The first kappa shape index (κ1) is 16.3. The molecule has 21 heavy (non-hydrogen) atoms. The zero-order valence-electron chi connectivity index (χ0n) is 13.2. The standard InChI is InChI=1S/C17H22ClNOS/c1-10(8-15-7-6-12(3)21-15)19-11(2)9-16(14(19)5)17(20)13(4)18/h6-7,9-10,13H,8H2,1-5H3. The highest BCUT2D eigenvalue weighted by molar-refractivity contribution is 7.11. The minimum Gasteiger partial charge on any atom is -0.345 e. The van der Waals surface area contributed by atoms with Crippen molar-refractivity contribution in [3.05, 3.63) is 44.9 Å². The first-order valence-corrected chi connectivity index (χ1v) is 8.48. The van der Waals surface area contributed by atoms with Crippen molar-refractivity contribution in [1.82, 2.24) is 4.57 Å². The molecule has 2 atom stereocenters. The first-order valence-electron chi connectivity index (χ1n) is 7.23. The number of thiophene rings is 1. The van der Waals surface area contributed by atoms with Crippen molar-refractivity contribution < 1.29 is 4.79 Å². The minimum atomic E-state index is -0.478. The highest BCUT2D eigenvalue weighted by Crippen LogP contribution is 2.27. The van der Waals surface area contributed by atoms with E-state index in [0.717, 1.165) is 23.4 Å². The quantitative estimate of drug-likeness (QED) is 0.555. The van der Waals surface area contributed by atoms with Crippen LogP contribution in [0, 0.1) is 20.8 Å². The summed E-state index contributed by atoms with van der Waals surface area (Å²) in [5.74, 6) is 0.00943. The Kier molecular flexibility index (Phi) is 4.95. The Morgan fingerprint density at radius 2 is 1.95 bits per heavy atom. The highest BCUT2D eigenvalue weighted by Gasteiger charge is 2.21. The van der Waals surface area contributed by atoms with Gasteiger partial charge in [0, 0.05) is 39.2 Å². The van der Waals surface area contributed by atoms with E-state index < -0.39 is 5.38 Å².